The van der Waals surface area contributed by atoms with Crippen LogP contribution < -0.4 is 9.86 Å². The van der Waals surface area contributed by atoms with Crippen LogP contribution in [0.5, 0.6) is 0 Å². The molecule has 0 spiro atoms. The average Bonchev–Trinajstić information content (AvgIpc) is 2.76. The predicted molar refractivity (Wildman–Crippen MR) is 77.7 cm³/mol. The number of anilines is 1. The third-order valence-electron chi connectivity index (χ3n) is 2.42. The number of aryl methyl sites for hydroxylation is 1. The molecule has 0 aliphatic heterocycles. The smallest absolute Gasteiger partial charge is 0.271 e. The lowest BCUT2D eigenvalue weighted by Crippen LogP contribution is -2.13. The summed E-state index contributed by atoms with van der Waals surface area (Å²) in [4.78, 5) is 0.808. The van der Waals surface area contributed by atoms with Crippen LogP contribution in [-0.2, 0) is 20.0 Å². The maximum absolute atomic E-state index is 12.1. The molecule has 3 N–H and O–H groups in total. The molecule has 0 radical (unpaired) electrons. The van der Waals surface area contributed by atoms with Gasteiger partial charge in [-0.3, -0.25) is 4.72 Å². The highest BCUT2D eigenvalue weighted by atomic mass is 32.2. The third kappa shape index (κ3) is 3.37. The molecule has 20 heavy (non-hydrogen) atoms. The molecule has 0 fully saturated rings. The Morgan fingerprint density at radius 3 is 2.05 bits per heavy atom. The number of nitrogens with one attached hydrogen (secondary N) is 1. The first-order valence-electron chi connectivity index (χ1n) is 5.41. The Morgan fingerprint density at radius 2 is 1.60 bits per heavy atom. The van der Waals surface area contributed by atoms with Gasteiger partial charge in [-0.1, -0.05) is 0 Å². The first-order valence-corrected chi connectivity index (χ1v) is 9.25. The van der Waals surface area contributed by atoms with E-state index in [9.17, 15) is 16.8 Å². The summed E-state index contributed by atoms with van der Waals surface area (Å²) >= 11 is 1.15. The fourth-order valence-electron chi connectivity index (χ4n) is 1.47. The second-order valence-corrected chi connectivity index (χ2v) is 8.80. The fraction of sp³-hybridized carbons (Fsp3) is 0.0909. The van der Waals surface area contributed by atoms with Crippen LogP contribution in [0.2, 0.25) is 0 Å². The number of rotatable bonds is 4. The molecule has 0 bridgehead atoms. The summed E-state index contributed by atoms with van der Waals surface area (Å²) in [6.07, 6.45) is 0. The van der Waals surface area contributed by atoms with Crippen molar-refractivity contribution < 1.29 is 16.8 Å². The molecule has 0 saturated heterocycles. The number of benzene rings is 1. The van der Waals surface area contributed by atoms with E-state index in [-0.39, 0.29) is 14.8 Å². The average molecular weight is 332 g/mol. The molecule has 108 valence electrons. The van der Waals surface area contributed by atoms with Crippen molar-refractivity contribution in [1.29, 1.82) is 0 Å². The SMILES string of the molecule is Cc1ccc(S(=O)(=O)Nc2ccc(S(N)(=O)=O)cc2)s1. The van der Waals surface area contributed by atoms with E-state index < -0.39 is 20.0 Å². The van der Waals surface area contributed by atoms with Gasteiger partial charge in [-0.2, -0.15) is 0 Å². The highest BCUT2D eigenvalue weighted by Gasteiger charge is 2.16. The van der Waals surface area contributed by atoms with Crippen LogP contribution in [0.25, 0.3) is 0 Å². The standard InChI is InChI=1S/C11H12N2O4S3/c1-8-2-7-11(18-8)20(16,17)13-9-3-5-10(6-4-9)19(12,14)15/h2-7,13H,1H3,(H2,12,14,15). The molecular weight excluding hydrogens is 320 g/mol. The van der Waals surface area contributed by atoms with E-state index in [0.29, 0.717) is 0 Å². The minimum atomic E-state index is -3.79. The number of sulfonamides is 2. The Balaban J connectivity index is 2.26. The second kappa shape index (κ2) is 5.17. The van der Waals surface area contributed by atoms with Crippen molar-refractivity contribution >= 4 is 37.1 Å². The van der Waals surface area contributed by atoms with Crippen LogP contribution in [0.1, 0.15) is 4.88 Å². The van der Waals surface area contributed by atoms with Gasteiger partial charge in [0.25, 0.3) is 10.0 Å². The zero-order valence-corrected chi connectivity index (χ0v) is 12.8. The molecule has 0 unspecified atom stereocenters. The molecule has 1 aromatic heterocycles. The summed E-state index contributed by atoms with van der Waals surface area (Å²) in [7, 11) is -7.44. The molecule has 9 heteroatoms. The molecule has 0 amide bonds. The Bertz CT molecular complexity index is 821. The monoisotopic (exact) mass is 332 g/mol. The first kappa shape index (κ1) is 15.0. The van der Waals surface area contributed by atoms with Crippen molar-refractivity contribution in [2.45, 2.75) is 16.0 Å². The molecule has 1 aromatic carbocycles. The van der Waals surface area contributed by atoms with Gasteiger partial charge in [0, 0.05) is 10.6 Å². The van der Waals surface area contributed by atoms with Crippen LogP contribution >= 0.6 is 11.3 Å². The fourth-order valence-corrected chi connectivity index (χ4v) is 4.33. The van der Waals surface area contributed by atoms with E-state index in [1.807, 2.05) is 6.92 Å². The summed E-state index contributed by atoms with van der Waals surface area (Å²) in [5, 5.41) is 4.96. The van der Waals surface area contributed by atoms with E-state index >= 15 is 0 Å². The normalized spacial score (nSPS) is 12.3. The molecule has 0 saturated carbocycles. The van der Waals surface area contributed by atoms with Gasteiger partial charge >= 0.3 is 0 Å². The zero-order valence-electron chi connectivity index (χ0n) is 10.4. The van der Waals surface area contributed by atoms with Crippen molar-refractivity contribution in [3.8, 4) is 0 Å². The van der Waals surface area contributed by atoms with Crippen LogP contribution in [0, 0.1) is 6.92 Å². The number of primary sulfonamides is 1. The summed E-state index contributed by atoms with van der Waals surface area (Å²) in [5.74, 6) is 0. The van der Waals surface area contributed by atoms with Crippen molar-refractivity contribution in [1.82, 2.24) is 0 Å². The molecular formula is C11H12N2O4S3. The van der Waals surface area contributed by atoms with E-state index in [1.165, 1.54) is 30.3 Å². The number of hydrogen-bond donors (Lipinski definition) is 2. The molecule has 0 aliphatic rings. The Kier molecular flexibility index (Phi) is 3.87. The third-order valence-corrected chi connectivity index (χ3v) is 6.22. The van der Waals surface area contributed by atoms with Crippen LogP contribution in [0.3, 0.4) is 0 Å². The van der Waals surface area contributed by atoms with Gasteiger partial charge in [-0.05, 0) is 43.3 Å². The number of thiophene rings is 1. The van der Waals surface area contributed by atoms with Crippen molar-refractivity contribution in [2.24, 2.45) is 5.14 Å². The van der Waals surface area contributed by atoms with Gasteiger partial charge in [-0.15, -0.1) is 11.3 Å². The maximum Gasteiger partial charge on any atom is 0.271 e. The quantitative estimate of drug-likeness (QED) is 0.885. The van der Waals surface area contributed by atoms with Crippen molar-refractivity contribution in [2.75, 3.05) is 4.72 Å². The van der Waals surface area contributed by atoms with Gasteiger partial charge in [0.05, 0.1) is 4.90 Å². The molecule has 2 aromatic rings. The summed E-state index contributed by atoms with van der Waals surface area (Å²) in [6.45, 7) is 1.81. The lowest BCUT2D eigenvalue weighted by atomic mass is 10.3. The highest BCUT2D eigenvalue weighted by molar-refractivity contribution is 7.94. The molecule has 1 heterocycles. The Hall–Kier alpha value is -1.42. The zero-order chi connectivity index (χ0) is 15.0. The molecule has 0 aliphatic carbocycles. The van der Waals surface area contributed by atoms with Gasteiger partial charge < -0.3 is 0 Å². The minimum Gasteiger partial charge on any atom is -0.279 e. The molecule has 0 atom stereocenters. The Morgan fingerprint density at radius 1 is 1.00 bits per heavy atom. The summed E-state index contributed by atoms with van der Waals surface area (Å²) in [5.41, 5.74) is 0.267. The summed E-state index contributed by atoms with van der Waals surface area (Å²) < 4.78 is 48.9. The maximum atomic E-state index is 12.1. The van der Waals surface area contributed by atoms with E-state index in [4.69, 9.17) is 5.14 Å². The van der Waals surface area contributed by atoms with Crippen molar-refractivity contribution in [3.63, 3.8) is 0 Å². The van der Waals surface area contributed by atoms with Gasteiger partial charge in [0.2, 0.25) is 10.0 Å². The van der Waals surface area contributed by atoms with Crippen molar-refractivity contribution in [3.05, 3.63) is 41.3 Å². The topological polar surface area (TPSA) is 106 Å². The van der Waals surface area contributed by atoms with E-state index in [2.05, 4.69) is 4.72 Å². The van der Waals surface area contributed by atoms with Crippen LogP contribution in [-0.4, -0.2) is 16.8 Å². The van der Waals surface area contributed by atoms with Crippen LogP contribution in [0.15, 0.2) is 45.5 Å². The van der Waals surface area contributed by atoms with Gasteiger partial charge in [0.1, 0.15) is 4.21 Å². The lowest BCUT2D eigenvalue weighted by Gasteiger charge is -2.06. The minimum absolute atomic E-state index is 0.0765. The largest absolute Gasteiger partial charge is 0.279 e. The molecule has 6 nitrogen and oxygen atoms in total. The second-order valence-electron chi connectivity index (χ2n) is 4.04. The van der Waals surface area contributed by atoms with Crippen LogP contribution in [0.4, 0.5) is 5.69 Å². The summed E-state index contributed by atoms with van der Waals surface area (Å²) in [6, 6.07) is 8.40. The Labute approximate surface area is 121 Å². The van der Waals surface area contributed by atoms with Gasteiger partial charge in [-0.25, -0.2) is 22.0 Å². The highest BCUT2D eigenvalue weighted by Crippen LogP contribution is 2.23. The van der Waals surface area contributed by atoms with E-state index in [0.717, 1.165) is 16.2 Å². The lowest BCUT2D eigenvalue weighted by molar-refractivity contribution is 0.597. The predicted octanol–water partition coefficient (Wildman–Crippen LogP) is 1.50. The van der Waals surface area contributed by atoms with Gasteiger partial charge in [0.15, 0.2) is 0 Å². The number of hydrogen-bond acceptors (Lipinski definition) is 5. The van der Waals surface area contributed by atoms with E-state index in [1.54, 1.807) is 6.07 Å². The number of nitrogens with two attached hydrogens (primary N) is 1. The molecule has 2 rings (SSSR count). The first-order chi connectivity index (χ1) is 9.18.